The van der Waals surface area contributed by atoms with Crippen molar-refractivity contribution in [3.63, 3.8) is 0 Å². The Bertz CT molecular complexity index is 1210. The quantitative estimate of drug-likeness (QED) is 0.0201. The van der Waals surface area contributed by atoms with Gasteiger partial charge in [0.05, 0.1) is 36.6 Å². The van der Waals surface area contributed by atoms with E-state index in [1.165, 1.54) is 38.5 Å². The molecule has 0 spiro atoms. The second-order valence-corrected chi connectivity index (χ2v) is 18.3. The van der Waals surface area contributed by atoms with E-state index < -0.39 is 17.9 Å². The van der Waals surface area contributed by atoms with Gasteiger partial charge in [-0.3, -0.25) is 14.4 Å². The first-order valence-corrected chi connectivity index (χ1v) is 26.6. The van der Waals surface area contributed by atoms with Gasteiger partial charge in [0.25, 0.3) is 0 Å². The van der Waals surface area contributed by atoms with Crippen LogP contribution in [0, 0.1) is 0 Å². The number of carboxylic acid groups (broad SMARTS) is 3. The average Bonchev–Trinajstić information content (AvgIpc) is 4.22. The van der Waals surface area contributed by atoms with E-state index in [1.807, 2.05) is 0 Å². The van der Waals surface area contributed by atoms with Crippen molar-refractivity contribution >= 4 is 17.9 Å². The molecule has 0 aromatic heterocycles. The van der Waals surface area contributed by atoms with Crippen LogP contribution < -0.4 is 0 Å². The fraction of sp³-hybridized carbons (Fsp3) is 0.737. The number of aliphatic carboxylic acids is 3. The van der Waals surface area contributed by atoms with Gasteiger partial charge in [-0.05, 0) is 110 Å². The number of allylic oxidation sites excluding steroid dienone is 9. The van der Waals surface area contributed by atoms with Gasteiger partial charge in [-0.1, -0.05) is 171 Å². The predicted octanol–water partition coefficient (Wildman–Crippen LogP) is 15.0. The molecule has 0 radical (unpaired) electrons. The summed E-state index contributed by atoms with van der Waals surface area (Å²) < 4.78 is 17.0. The van der Waals surface area contributed by atoms with E-state index in [-0.39, 0.29) is 27.8 Å². The van der Waals surface area contributed by atoms with Gasteiger partial charge in [-0.2, -0.15) is 0 Å². The standard InChI is InChI=1S/3C18H30O3.C3H8O.Ti/c3*1-2-3-4-5-7-10-13-16-17(21-16)14-11-8-6-9-12-15-18(19)20;1-3(2)4;/h3*3-4,7,10,16-17H,2,5-6,8-9,11-15H2,1H3,(H,19,20);3-4H,1-2H3;. The summed E-state index contributed by atoms with van der Waals surface area (Å²) in [6, 6.07) is 0. The van der Waals surface area contributed by atoms with Crippen LogP contribution in [0.25, 0.3) is 0 Å². The fourth-order valence-corrected chi connectivity index (χ4v) is 7.38. The van der Waals surface area contributed by atoms with Crippen molar-refractivity contribution in [2.45, 2.75) is 270 Å². The van der Waals surface area contributed by atoms with Gasteiger partial charge in [0, 0.05) is 47.1 Å². The van der Waals surface area contributed by atoms with Crippen LogP contribution in [-0.4, -0.2) is 81.1 Å². The Morgan fingerprint density at radius 1 is 0.382 bits per heavy atom. The van der Waals surface area contributed by atoms with E-state index in [9.17, 15) is 14.4 Å². The van der Waals surface area contributed by atoms with Crippen LogP contribution in [-0.2, 0) is 50.3 Å². The van der Waals surface area contributed by atoms with Gasteiger partial charge in [0.15, 0.2) is 0 Å². The second-order valence-electron chi connectivity index (χ2n) is 18.3. The minimum atomic E-state index is -0.678. The van der Waals surface area contributed by atoms with E-state index in [4.69, 9.17) is 34.6 Å². The van der Waals surface area contributed by atoms with Crippen molar-refractivity contribution in [2.24, 2.45) is 0 Å². The topological polar surface area (TPSA) is 170 Å². The number of carbonyl (C=O) groups is 3. The molecule has 390 valence electrons. The van der Waals surface area contributed by atoms with Gasteiger partial charge >= 0.3 is 17.9 Å². The van der Waals surface area contributed by atoms with Crippen molar-refractivity contribution in [3.8, 4) is 0 Å². The number of hydrogen-bond donors (Lipinski definition) is 4. The first-order valence-electron chi connectivity index (χ1n) is 26.6. The first kappa shape index (κ1) is 67.5. The van der Waals surface area contributed by atoms with Crippen LogP contribution in [0.2, 0.25) is 0 Å². The molecule has 10 nitrogen and oxygen atoms in total. The number of epoxide rings is 3. The first-order chi connectivity index (χ1) is 32.4. The Kier molecular flexibility index (Phi) is 49.0. The average molecular weight is 991 g/mol. The summed E-state index contributed by atoms with van der Waals surface area (Å²) >= 11 is 0. The van der Waals surface area contributed by atoms with Gasteiger partial charge < -0.3 is 34.6 Å². The Morgan fingerprint density at radius 3 is 0.838 bits per heavy atom. The monoisotopic (exact) mass is 991 g/mol. The van der Waals surface area contributed by atoms with Crippen LogP contribution in [0.3, 0.4) is 0 Å². The van der Waals surface area contributed by atoms with Gasteiger partial charge in [0.1, 0.15) is 0 Å². The van der Waals surface area contributed by atoms with E-state index in [0.717, 1.165) is 135 Å². The zero-order chi connectivity index (χ0) is 49.6. The second kappa shape index (κ2) is 49.4. The molecule has 68 heavy (non-hydrogen) atoms. The summed E-state index contributed by atoms with van der Waals surface area (Å²) in [5, 5.41) is 33.7. The third-order valence-electron chi connectivity index (χ3n) is 11.3. The van der Waals surface area contributed by atoms with Crippen molar-refractivity contribution in [2.75, 3.05) is 0 Å². The summed E-state index contributed by atoms with van der Waals surface area (Å²) in [6.45, 7) is 9.89. The Hall–Kier alpha value is -2.60. The summed E-state index contributed by atoms with van der Waals surface area (Å²) in [4.78, 5) is 31.1. The molecule has 0 amide bonds. The minimum absolute atomic E-state index is 0. The Labute approximate surface area is 429 Å². The number of rotatable bonds is 39. The van der Waals surface area contributed by atoms with Crippen molar-refractivity contribution in [1.29, 1.82) is 0 Å². The van der Waals surface area contributed by atoms with Crippen LogP contribution in [0.4, 0.5) is 0 Å². The maximum atomic E-state index is 10.4. The molecule has 6 unspecified atom stereocenters. The Morgan fingerprint density at radius 2 is 0.603 bits per heavy atom. The largest absolute Gasteiger partial charge is 0.481 e. The molecule has 3 fully saturated rings. The van der Waals surface area contributed by atoms with E-state index in [1.54, 1.807) is 13.8 Å². The summed E-state index contributed by atoms with van der Waals surface area (Å²) in [5.74, 6) is -2.03. The maximum absolute atomic E-state index is 10.4. The maximum Gasteiger partial charge on any atom is 0.303 e. The van der Waals surface area contributed by atoms with Gasteiger partial charge in [-0.15, -0.1) is 0 Å². The molecule has 3 saturated heterocycles. The SMILES string of the molecule is CC(C)O.CCC=CCC=CCC1OC1CCCCCCCC(=O)O.CCC=CCC=CCC1OC1CCCCCCCC(=O)O.CCC=CCC=CCC1OC1CCCCCCCC(=O)O.[Ti]. The number of aliphatic hydroxyl groups is 1. The van der Waals surface area contributed by atoms with Crippen molar-refractivity contribution in [1.82, 2.24) is 0 Å². The summed E-state index contributed by atoms with van der Waals surface area (Å²) in [6.07, 6.45) is 59.3. The van der Waals surface area contributed by atoms with Gasteiger partial charge in [0.2, 0.25) is 0 Å². The molecule has 0 saturated carbocycles. The molecule has 0 aromatic carbocycles. The molecule has 3 aliphatic heterocycles. The molecule has 0 aliphatic carbocycles. The normalized spacial score (nSPS) is 20.3. The van der Waals surface area contributed by atoms with Crippen molar-refractivity contribution < 1.29 is 70.7 Å². The number of ether oxygens (including phenoxy) is 3. The van der Waals surface area contributed by atoms with Crippen LogP contribution >= 0.6 is 0 Å². The number of carboxylic acids is 3. The smallest absolute Gasteiger partial charge is 0.303 e. The van der Waals surface area contributed by atoms with Gasteiger partial charge in [-0.25, -0.2) is 0 Å². The van der Waals surface area contributed by atoms with E-state index in [0.29, 0.717) is 55.9 Å². The van der Waals surface area contributed by atoms with Crippen molar-refractivity contribution in [3.05, 3.63) is 72.9 Å². The molecule has 3 heterocycles. The molecule has 11 heteroatoms. The Balaban J connectivity index is 0. The molecular weight excluding hydrogens is 892 g/mol. The third-order valence-corrected chi connectivity index (χ3v) is 11.3. The molecular formula is C57H98O10Ti. The zero-order valence-corrected chi connectivity index (χ0v) is 45.0. The third kappa shape index (κ3) is 51.3. The molecule has 6 atom stereocenters. The fourth-order valence-electron chi connectivity index (χ4n) is 7.38. The van der Waals surface area contributed by atoms with E-state index in [2.05, 4.69) is 93.7 Å². The number of aliphatic hydroxyl groups excluding tert-OH is 1. The number of unbranched alkanes of at least 4 members (excludes halogenated alkanes) is 12. The zero-order valence-electron chi connectivity index (χ0n) is 43.4. The van der Waals surface area contributed by atoms with Crippen LogP contribution in [0.5, 0.6) is 0 Å². The molecule has 4 N–H and O–H groups in total. The molecule has 0 bridgehead atoms. The molecule has 3 rings (SSSR count). The molecule has 3 aliphatic rings. The summed E-state index contributed by atoms with van der Waals surface area (Å²) in [5.41, 5.74) is 0. The van der Waals surface area contributed by atoms with Crippen LogP contribution in [0.15, 0.2) is 72.9 Å². The summed E-state index contributed by atoms with van der Waals surface area (Å²) in [7, 11) is 0. The molecule has 0 aromatic rings. The number of hydrogen-bond acceptors (Lipinski definition) is 7. The minimum Gasteiger partial charge on any atom is -0.481 e. The van der Waals surface area contributed by atoms with E-state index >= 15 is 0 Å². The van der Waals surface area contributed by atoms with Crippen LogP contribution in [0.1, 0.15) is 227 Å². The predicted molar refractivity (Wildman–Crippen MR) is 277 cm³/mol.